The van der Waals surface area contributed by atoms with Crippen molar-refractivity contribution >= 4 is 46.0 Å². The molecule has 8 nitrogen and oxygen atoms in total. The summed E-state index contributed by atoms with van der Waals surface area (Å²) in [5, 5.41) is 0. The van der Waals surface area contributed by atoms with Crippen molar-refractivity contribution in [2.24, 2.45) is 0 Å². The van der Waals surface area contributed by atoms with Gasteiger partial charge in [-0.3, -0.25) is 30.1 Å². The molecule has 3 amide bonds. The van der Waals surface area contributed by atoms with Gasteiger partial charge in [0.25, 0.3) is 5.91 Å². The minimum Gasteiger partial charge on any atom is -0.454 e. The molecule has 2 aliphatic heterocycles. The summed E-state index contributed by atoms with van der Waals surface area (Å²) >= 11 is 6.50. The van der Waals surface area contributed by atoms with Crippen LogP contribution >= 0.6 is 24.0 Å². The van der Waals surface area contributed by atoms with Crippen molar-refractivity contribution in [3.63, 3.8) is 0 Å². The van der Waals surface area contributed by atoms with Gasteiger partial charge in [0.1, 0.15) is 4.32 Å². The summed E-state index contributed by atoms with van der Waals surface area (Å²) in [7, 11) is 0. The Kier molecular flexibility index (Phi) is 6.51. The lowest BCUT2D eigenvalue weighted by Gasteiger charge is -2.14. The first kappa shape index (κ1) is 19.4. The Labute approximate surface area is 165 Å². The van der Waals surface area contributed by atoms with Gasteiger partial charge in [0.15, 0.2) is 11.5 Å². The van der Waals surface area contributed by atoms with Crippen LogP contribution in [0.5, 0.6) is 11.5 Å². The standard InChI is InChI=1S/C17H19N3O5S2/c21-14(4-2-1-3-7-20-15(22)9-27-17(20)26)18-19-16(23)11-5-6-12-13(8-11)25-10-24-12/h5-6,8H,1-4,7,9-10H2,(H,18,21)(H,19,23). The van der Waals surface area contributed by atoms with Crippen LogP contribution in [0, 0.1) is 0 Å². The van der Waals surface area contributed by atoms with Crippen LogP contribution in [0.15, 0.2) is 18.2 Å². The number of nitrogens with one attached hydrogen (secondary N) is 2. The number of hydrazine groups is 1. The molecule has 1 saturated heterocycles. The highest BCUT2D eigenvalue weighted by atomic mass is 32.2. The van der Waals surface area contributed by atoms with E-state index in [0.29, 0.717) is 40.1 Å². The van der Waals surface area contributed by atoms with Gasteiger partial charge in [0.05, 0.1) is 5.75 Å². The van der Waals surface area contributed by atoms with E-state index >= 15 is 0 Å². The fourth-order valence-corrected chi connectivity index (χ4v) is 3.75. The average molecular weight is 409 g/mol. The van der Waals surface area contributed by atoms with E-state index in [0.717, 1.165) is 12.8 Å². The predicted molar refractivity (Wildman–Crippen MR) is 103 cm³/mol. The molecule has 0 aliphatic carbocycles. The molecule has 1 aromatic rings. The predicted octanol–water partition coefficient (Wildman–Crippen LogP) is 1.60. The van der Waals surface area contributed by atoms with Crippen LogP contribution in [0.2, 0.25) is 0 Å². The molecule has 2 heterocycles. The van der Waals surface area contributed by atoms with Crippen LogP contribution in [0.25, 0.3) is 0 Å². The van der Waals surface area contributed by atoms with Crippen molar-refractivity contribution in [3.8, 4) is 11.5 Å². The van der Waals surface area contributed by atoms with Crippen molar-refractivity contribution in [1.29, 1.82) is 0 Å². The van der Waals surface area contributed by atoms with Crippen molar-refractivity contribution < 1.29 is 23.9 Å². The van der Waals surface area contributed by atoms with Crippen molar-refractivity contribution in [1.82, 2.24) is 15.8 Å². The molecule has 2 N–H and O–H groups in total. The molecule has 144 valence electrons. The van der Waals surface area contributed by atoms with E-state index in [4.69, 9.17) is 21.7 Å². The summed E-state index contributed by atoms with van der Waals surface area (Å²) in [6.45, 7) is 0.723. The molecule has 0 unspecified atom stereocenters. The van der Waals surface area contributed by atoms with E-state index in [1.165, 1.54) is 11.8 Å². The number of unbranched alkanes of at least 4 members (excludes halogenated alkanes) is 2. The Morgan fingerprint density at radius 1 is 1.15 bits per heavy atom. The minimum atomic E-state index is -0.430. The number of carbonyl (C=O) groups is 3. The number of thioether (sulfide) groups is 1. The van der Waals surface area contributed by atoms with E-state index in [2.05, 4.69) is 10.9 Å². The highest BCUT2D eigenvalue weighted by Gasteiger charge is 2.25. The number of rotatable bonds is 7. The lowest BCUT2D eigenvalue weighted by molar-refractivity contribution is -0.124. The molecule has 0 saturated carbocycles. The molecule has 0 atom stereocenters. The van der Waals surface area contributed by atoms with Gasteiger partial charge in [-0.25, -0.2) is 0 Å². The molecule has 0 radical (unpaired) electrons. The van der Waals surface area contributed by atoms with Crippen molar-refractivity contribution in [2.45, 2.75) is 25.7 Å². The molecule has 27 heavy (non-hydrogen) atoms. The number of carbonyl (C=O) groups excluding carboxylic acids is 3. The van der Waals surface area contributed by atoms with Gasteiger partial charge in [-0.15, -0.1) is 0 Å². The van der Waals surface area contributed by atoms with E-state index in [1.54, 1.807) is 23.1 Å². The fraction of sp³-hybridized carbons (Fsp3) is 0.412. The van der Waals surface area contributed by atoms with E-state index in [1.807, 2.05) is 0 Å². The molecule has 2 aliphatic rings. The van der Waals surface area contributed by atoms with Crippen LogP contribution in [0.1, 0.15) is 36.0 Å². The number of benzene rings is 1. The number of ether oxygens (including phenoxy) is 2. The van der Waals surface area contributed by atoms with Gasteiger partial charge >= 0.3 is 0 Å². The molecular formula is C17H19N3O5S2. The molecule has 0 aromatic heterocycles. The second-order valence-corrected chi connectivity index (χ2v) is 7.59. The van der Waals surface area contributed by atoms with Gasteiger partial charge < -0.3 is 9.47 Å². The highest BCUT2D eigenvalue weighted by Crippen LogP contribution is 2.32. The molecule has 3 rings (SSSR count). The third kappa shape index (κ3) is 5.10. The van der Waals surface area contributed by atoms with Crippen LogP contribution < -0.4 is 20.3 Å². The normalized spacial score (nSPS) is 15.2. The molecule has 0 spiro atoms. The first-order valence-electron chi connectivity index (χ1n) is 8.50. The molecule has 1 fully saturated rings. The summed E-state index contributed by atoms with van der Waals surface area (Å²) in [6, 6.07) is 4.80. The largest absolute Gasteiger partial charge is 0.454 e. The lowest BCUT2D eigenvalue weighted by atomic mass is 10.2. The Balaban J connectivity index is 1.31. The van der Waals surface area contributed by atoms with E-state index in [9.17, 15) is 14.4 Å². The number of amides is 3. The third-order valence-corrected chi connectivity index (χ3v) is 5.51. The Hall–Kier alpha value is -2.33. The summed E-state index contributed by atoms with van der Waals surface area (Å²) < 4.78 is 11.0. The second kappa shape index (κ2) is 9.05. The Bertz CT molecular complexity index is 755. The molecule has 1 aromatic carbocycles. The maximum Gasteiger partial charge on any atom is 0.269 e. The zero-order valence-electron chi connectivity index (χ0n) is 14.5. The third-order valence-electron chi connectivity index (χ3n) is 4.08. The number of fused-ring (bicyclic) bond motifs is 1. The van der Waals surface area contributed by atoms with Crippen LogP contribution in [0.3, 0.4) is 0 Å². The number of hydrogen-bond donors (Lipinski definition) is 2. The number of thiocarbonyl (C=S) groups is 1. The van der Waals surface area contributed by atoms with E-state index in [-0.39, 0.29) is 25.0 Å². The van der Waals surface area contributed by atoms with Gasteiger partial charge in [-0.05, 0) is 31.0 Å². The Morgan fingerprint density at radius 2 is 1.96 bits per heavy atom. The van der Waals surface area contributed by atoms with Crippen LogP contribution in [-0.4, -0.2) is 46.0 Å². The van der Waals surface area contributed by atoms with Gasteiger partial charge in [0.2, 0.25) is 18.6 Å². The zero-order valence-corrected chi connectivity index (χ0v) is 16.1. The quantitative estimate of drug-likeness (QED) is 0.401. The fourth-order valence-electron chi connectivity index (χ4n) is 2.63. The maximum atomic E-state index is 12.1. The summed E-state index contributed by atoms with van der Waals surface area (Å²) in [6.07, 6.45) is 2.52. The number of hydrogen-bond acceptors (Lipinski definition) is 7. The smallest absolute Gasteiger partial charge is 0.269 e. The topological polar surface area (TPSA) is 97.0 Å². The second-order valence-electron chi connectivity index (χ2n) is 5.98. The monoisotopic (exact) mass is 409 g/mol. The number of nitrogens with zero attached hydrogens (tertiary/aromatic N) is 1. The van der Waals surface area contributed by atoms with Gasteiger partial charge in [0, 0.05) is 18.5 Å². The Morgan fingerprint density at radius 3 is 2.74 bits per heavy atom. The lowest BCUT2D eigenvalue weighted by Crippen LogP contribution is -2.41. The molecule has 10 heteroatoms. The van der Waals surface area contributed by atoms with Crippen LogP contribution in [-0.2, 0) is 9.59 Å². The highest BCUT2D eigenvalue weighted by molar-refractivity contribution is 8.23. The first-order chi connectivity index (χ1) is 13.0. The summed E-state index contributed by atoms with van der Waals surface area (Å²) in [5.74, 6) is 0.861. The average Bonchev–Trinajstić information content (AvgIpc) is 3.26. The van der Waals surface area contributed by atoms with Crippen molar-refractivity contribution in [2.75, 3.05) is 19.1 Å². The van der Waals surface area contributed by atoms with Gasteiger partial charge in [-0.1, -0.05) is 30.4 Å². The zero-order chi connectivity index (χ0) is 19.2. The van der Waals surface area contributed by atoms with Crippen LogP contribution in [0.4, 0.5) is 0 Å². The van der Waals surface area contributed by atoms with E-state index < -0.39 is 5.91 Å². The summed E-state index contributed by atoms with van der Waals surface area (Å²) in [4.78, 5) is 37.1. The molecule has 0 bridgehead atoms. The molecular weight excluding hydrogens is 390 g/mol. The first-order valence-corrected chi connectivity index (χ1v) is 9.90. The maximum absolute atomic E-state index is 12.1. The van der Waals surface area contributed by atoms with Gasteiger partial charge in [-0.2, -0.15) is 0 Å². The minimum absolute atomic E-state index is 0.0500. The SMILES string of the molecule is O=C(CCCCCN1C(=O)CSC1=S)NNC(=O)c1ccc2c(c1)OCO2. The summed E-state index contributed by atoms with van der Waals surface area (Å²) in [5.41, 5.74) is 5.14. The van der Waals surface area contributed by atoms with Crippen molar-refractivity contribution in [3.05, 3.63) is 23.8 Å².